The lowest BCUT2D eigenvalue weighted by Crippen LogP contribution is -2.51. The average Bonchev–Trinajstić information content (AvgIpc) is 2.55. The van der Waals surface area contributed by atoms with E-state index in [-0.39, 0.29) is 11.2 Å². The van der Waals surface area contributed by atoms with Crippen LogP contribution in [0.1, 0.15) is 13.8 Å². The number of imide groups is 1. The summed E-state index contributed by atoms with van der Waals surface area (Å²) in [6.45, 7) is 3.68. The quantitative estimate of drug-likeness (QED) is 0.635. The maximum absolute atomic E-state index is 11.7. The molecule has 4 nitrogen and oxygen atoms in total. The first-order valence-electron chi connectivity index (χ1n) is 5.37. The molecular weight excluding hydrogens is 236 g/mol. The highest BCUT2D eigenvalue weighted by Gasteiger charge is 2.46. The van der Waals surface area contributed by atoms with Crippen LogP contribution in [0.3, 0.4) is 0 Å². The SMILES string of the molecule is CC(Sc1ccccc1)C1(C)NC(=O)NC1=O. The van der Waals surface area contributed by atoms with Gasteiger partial charge in [-0.2, -0.15) is 0 Å². The first kappa shape index (κ1) is 12.0. The molecule has 1 aliphatic heterocycles. The molecule has 1 aromatic carbocycles. The van der Waals surface area contributed by atoms with Gasteiger partial charge in [-0.15, -0.1) is 11.8 Å². The molecule has 1 aromatic rings. The summed E-state index contributed by atoms with van der Waals surface area (Å²) in [5.74, 6) is -0.265. The number of hydrogen-bond donors (Lipinski definition) is 2. The minimum Gasteiger partial charge on any atom is -0.322 e. The number of carbonyl (C=O) groups excluding carboxylic acids is 2. The van der Waals surface area contributed by atoms with E-state index in [1.807, 2.05) is 37.3 Å². The monoisotopic (exact) mass is 250 g/mol. The molecule has 5 heteroatoms. The van der Waals surface area contributed by atoms with Crippen LogP contribution in [-0.4, -0.2) is 22.7 Å². The Kier molecular flexibility index (Phi) is 3.11. The first-order chi connectivity index (χ1) is 8.02. The van der Waals surface area contributed by atoms with Gasteiger partial charge in [0, 0.05) is 10.1 Å². The predicted octanol–water partition coefficient (Wildman–Crippen LogP) is 1.77. The molecule has 0 aliphatic carbocycles. The van der Waals surface area contributed by atoms with Gasteiger partial charge < -0.3 is 5.32 Å². The maximum atomic E-state index is 11.7. The molecular formula is C12H14N2O2S. The van der Waals surface area contributed by atoms with Crippen molar-refractivity contribution in [3.8, 4) is 0 Å². The van der Waals surface area contributed by atoms with Gasteiger partial charge in [-0.3, -0.25) is 10.1 Å². The van der Waals surface area contributed by atoms with E-state index < -0.39 is 11.6 Å². The van der Waals surface area contributed by atoms with Gasteiger partial charge in [-0.1, -0.05) is 25.1 Å². The van der Waals surface area contributed by atoms with Crippen molar-refractivity contribution in [3.05, 3.63) is 30.3 Å². The second kappa shape index (κ2) is 4.41. The van der Waals surface area contributed by atoms with Crippen LogP contribution in [-0.2, 0) is 4.79 Å². The Morgan fingerprint density at radius 3 is 2.41 bits per heavy atom. The fraction of sp³-hybridized carbons (Fsp3) is 0.333. The second-order valence-corrected chi connectivity index (χ2v) is 5.60. The van der Waals surface area contributed by atoms with Gasteiger partial charge in [0.25, 0.3) is 5.91 Å². The Morgan fingerprint density at radius 2 is 1.88 bits per heavy atom. The van der Waals surface area contributed by atoms with Crippen molar-refractivity contribution in [1.29, 1.82) is 0 Å². The van der Waals surface area contributed by atoms with Crippen LogP contribution in [0.25, 0.3) is 0 Å². The normalized spacial score (nSPS) is 25.3. The molecule has 3 amide bonds. The zero-order chi connectivity index (χ0) is 12.5. The predicted molar refractivity (Wildman–Crippen MR) is 66.8 cm³/mol. The lowest BCUT2D eigenvalue weighted by Gasteiger charge is -2.27. The van der Waals surface area contributed by atoms with Gasteiger partial charge in [-0.25, -0.2) is 4.79 Å². The van der Waals surface area contributed by atoms with E-state index in [1.165, 1.54) is 0 Å². The maximum Gasteiger partial charge on any atom is 0.322 e. The van der Waals surface area contributed by atoms with Crippen LogP contribution in [0.15, 0.2) is 35.2 Å². The molecule has 0 spiro atoms. The van der Waals surface area contributed by atoms with E-state index in [0.717, 1.165) is 4.90 Å². The largest absolute Gasteiger partial charge is 0.322 e. The van der Waals surface area contributed by atoms with E-state index in [1.54, 1.807) is 18.7 Å². The van der Waals surface area contributed by atoms with Gasteiger partial charge in [0.05, 0.1) is 0 Å². The molecule has 1 aliphatic rings. The molecule has 1 fully saturated rings. The highest BCUT2D eigenvalue weighted by Crippen LogP contribution is 2.31. The number of amides is 3. The highest BCUT2D eigenvalue weighted by molar-refractivity contribution is 8.00. The zero-order valence-corrected chi connectivity index (χ0v) is 10.5. The summed E-state index contributed by atoms with van der Waals surface area (Å²) in [7, 11) is 0. The fourth-order valence-electron chi connectivity index (χ4n) is 1.66. The summed E-state index contributed by atoms with van der Waals surface area (Å²) < 4.78 is 0. The number of benzene rings is 1. The van der Waals surface area contributed by atoms with Gasteiger partial charge >= 0.3 is 6.03 Å². The van der Waals surface area contributed by atoms with Gasteiger partial charge in [0.2, 0.25) is 0 Å². The molecule has 2 rings (SSSR count). The number of carbonyl (C=O) groups is 2. The van der Waals surface area contributed by atoms with Crippen LogP contribution in [0.4, 0.5) is 4.79 Å². The summed E-state index contributed by atoms with van der Waals surface area (Å²) in [4.78, 5) is 24.0. The third-order valence-corrected chi connectivity index (χ3v) is 4.31. The third-order valence-electron chi connectivity index (χ3n) is 2.94. The van der Waals surface area contributed by atoms with E-state index in [0.29, 0.717) is 0 Å². The molecule has 0 radical (unpaired) electrons. The standard InChI is InChI=1S/C12H14N2O2S/c1-8(17-9-6-4-3-5-7-9)12(2)10(15)13-11(16)14-12/h3-8H,1-2H3,(H2,13,14,15,16). The van der Waals surface area contributed by atoms with Gasteiger partial charge in [0.1, 0.15) is 5.54 Å². The van der Waals surface area contributed by atoms with Crippen molar-refractivity contribution in [1.82, 2.24) is 10.6 Å². The Labute approximate surface area is 104 Å². The first-order valence-corrected chi connectivity index (χ1v) is 6.25. The summed E-state index contributed by atoms with van der Waals surface area (Å²) in [5.41, 5.74) is -0.850. The Balaban J connectivity index is 2.13. The molecule has 17 heavy (non-hydrogen) atoms. The Morgan fingerprint density at radius 1 is 1.24 bits per heavy atom. The highest BCUT2D eigenvalue weighted by atomic mass is 32.2. The Hall–Kier alpha value is -1.49. The fourth-order valence-corrected chi connectivity index (χ4v) is 2.79. The topological polar surface area (TPSA) is 58.2 Å². The molecule has 1 saturated heterocycles. The van der Waals surface area contributed by atoms with Crippen molar-refractivity contribution in [2.24, 2.45) is 0 Å². The van der Waals surface area contributed by atoms with Crippen molar-refractivity contribution in [3.63, 3.8) is 0 Å². The zero-order valence-electron chi connectivity index (χ0n) is 9.69. The summed E-state index contributed by atoms with van der Waals surface area (Å²) >= 11 is 1.57. The lowest BCUT2D eigenvalue weighted by molar-refractivity contribution is -0.123. The van der Waals surface area contributed by atoms with E-state index in [2.05, 4.69) is 10.6 Å². The summed E-state index contributed by atoms with van der Waals surface area (Å²) in [6.07, 6.45) is 0. The third kappa shape index (κ3) is 2.29. The second-order valence-electron chi connectivity index (χ2n) is 4.18. The van der Waals surface area contributed by atoms with E-state index in [4.69, 9.17) is 0 Å². The number of thioether (sulfide) groups is 1. The molecule has 90 valence electrons. The van der Waals surface area contributed by atoms with Gasteiger partial charge in [-0.05, 0) is 19.1 Å². The average molecular weight is 250 g/mol. The minimum atomic E-state index is -0.850. The van der Waals surface area contributed by atoms with Crippen LogP contribution in [0.5, 0.6) is 0 Å². The van der Waals surface area contributed by atoms with Crippen molar-refractivity contribution >= 4 is 23.7 Å². The van der Waals surface area contributed by atoms with Crippen molar-refractivity contribution in [2.45, 2.75) is 29.5 Å². The van der Waals surface area contributed by atoms with Crippen molar-refractivity contribution < 1.29 is 9.59 Å². The summed E-state index contributed by atoms with van der Waals surface area (Å²) in [5, 5.41) is 4.91. The molecule has 2 N–H and O–H groups in total. The molecule has 1 heterocycles. The smallest absolute Gasteiger partial charge is 0.322 e. The Bertz CT molecular complexity index is 449. The lowest BCUT2D eigenvalue weighted by atomic mass is 9.99. The molecule has 2 atom stereocenters. The molecule has 0 bridgehead atoms. The minimum absolute atomic E-state index is 0.0450. The molecule has 0 aromatic heterocycles. The number of urea groups is 1. The van der Waals surface area contributed by atoms with Crippen molar-refractivity contribution in [2.75, 3.05) is 0 Å². The van der Waals surface area contributed by atoms with E-state index in [9.17, 15) is 9.59 Å². The van der Waals surface area contributed by atoms with Gasteiger partial charge in [0.15, 0.2) is 0 Å². The number of hydrogen-bond acceptors (Lipinski definition) is 3. The number of nitrogens with one attached hydrogen (secondary N) is 2. The van der Waals surface area contributed by atoms with E-state index >= 15 is 0 Å². The molecule has 0 saturated carbocycles. The van der Waals surface area contributed by atoms with Crippen LogP contribution in [0, 0.1) is 0 Å². The van der Waals surface area contributed by atoms with Crippen LogP contribution < -0.4 is 10.6 Å². The van der Waals surface area contributed by atoms with Crippen LogP contribution >= 0.6 is 11.8 Å². The number of rotatable bonds is 3. The van der Waals surface area contributed by atoms with Crippen LogP contribution in [0.2, 0.25) is 0 Å². The summed E-state index contributed by atoms with van der Waals surface area (Å²) in [6, 6.07) is 9.40. The molecule has 2 unspecified atom stereocenters.